The molecule has 1 aromatic carbocycles. The monoisotopic (exact) mass is 237 g/mol. The molecule has 17 heavy (non-hydrogen) atoms. The van der Waals surface area contributed by atoms with E-state index >= 15 is 0 Å². The number of Topliss-reactive ketones (excluding diaryl/α,β-unsaturated/α-hetero) is 1. The van der Waals surface area contributed by atoms with Crippen molar-refractivity contribution in [3.8, 4) is 0 Å². The van der Waals surface area contributed by atoms with Gasteiger partial charge in [-0.2, -0.15) is 0 Å². The molecule has 0 N–H and O–H groups in total. The summed E-state index contributed by atoms with van der Waals surface area (Å²) in [5.74, 6) is -0.00148. The molecule has 0 spiro atoms. The van der Waals surface area contributed by atoms with E-state index in [2.05, 4.69) is 0 Å². The van der Waals surface area contributed by atoms with Crippen molar-refractivity contribution in [3.05, 3.63) is 39.4 Å². The van der Waals surface area contributed by atoms with Crippen LogP contribution in [0.5, 0.6) is 0 Å². The molecule has 0 fully saturated rings. The smallest absolute Gasteiger partial charge is 0.272 e. The number of ether oxygens (including phenoxy) is 1. The van der Waals surface area contributed by atoms with Crippen molar-refractivity contribution < 1.29 is 14.5 Å². The van der Waals surface area contributed by atoms with Crippen molar-refractivity contribution in [1.82, 2.24) is 0 Å². The number of carbonyl (C=O) groups excluding carboxylic acids is 1. The number of methoxy groups -OCH3 is 1. The number of carbonyl (C=O) groups is 1. The molecule has 0 radical (unpaired) electrons. The summed E-state index contributed by atoms with van der Waals surface area (Å²) < 4.78 is 4.73. The number of benzene rings is 1. The molecule has 0 saturated heterocycles. The molecule has 0 aliphatic carbocycles. The van der Waals surface area contributed by atoms with E-state index in [-0.39, 0.29) is 18.1 Å². The van der Waals surface area contributed by atoms with Crippen molar-refractivity contribution in [2.45, 2.75) is 19.8 Å². The van der Waals surface area contributed by atoms with Gasteiger partial charge in [-0.1, -0.05) is 12.1 Å². The zero-order valence-corrected chi connectivity index (χ0v) is 9.93. The first kappa shape index (κ1) is 13.3. The lowest BCUT2D eigenvalue weighted by atomic mass is 10.0. The van der Waals surface area contributed by atoms with Gasteiger partial charge in [0, 0.05) is 25.2 Å². The zero-order valence-electron chi connectivity index (χ0n) is 9.93. The van der Waals surface area contributed by atoms with E-state index in [1.165, 1.54) is 13.2 Å². The predicted molar refractivity (Wildman–Crippen MR) is 63.0 cm³/mol. The number of ketones is 1. The van der Waals surface area contributed by atoms with E-state index in [1.807, 2.05) is 6.07 Å². The highest BCUT2D eigenvalue weighted by atomic mass is 16.6. The summed E-state index contributed by atoms with van der Waals surface area (Å²) in [7, 11) is 1.47. The van der Waals surface area contributed by atoms with Gasteiger partial charge in [-0.15, -0.1) is 0 Å². The number of aryl methyl sites for hydroxylation is 1. The fraction of sp³-hybridized carbons (Fsp3) is 0.417. The molecule has 0 unspecified atom stereocenters. The van der Waals surface area contributed by atoms with Crippen LogP contribution in [0.25, 0.3) is 0 Å². The van der Waals surface area contributed by atoms with E-state index in [9.17, 15) is 14.9 Å². The molecule has 0 aliphatic rings. The van der Waals surface area contributed by atoms with E-state index in [0.29, 0.717) is 18.4 Å². The average Bonchev–Trinajstić information content (AvgIpc) is 2.27. The number of nitro benzene ring substituents is 1. The molecule has 0 heterocycles. The number of rotatable bonds is 6. The Balaban J connectivity index is 2.75. The van der Waals surface area contributed by atoms with Crippen LogP contribution in [0.3, 0.4) is 0 Å². The minimum absolute atomic E-state index is 0.00148. The summed E-state index contributed by atoms with van der Waals surface area (Å²) in [4.78, 5) is 21.6. The third kappa shape index (κ3) is 3.64. The van der Waals surface area contributed by atoms with Gasteiger partial charge in [0.05, 0.1) is 4.92 Å². The molecule has 0 amide bonds. The zero-order chi connectivity index (χ0) is 12.8. The Morgan fingerprint density at radius 2 is 2.18 bits per heavy atom. The molecule has 0 saturated carbocycles. The topological polar surface area (TPSA) is 69.4 Å². The highest BCUT2D eigenvalue weighted by Crippen LogP contribution is 2.22. The van der Waals surface area contributed by atoms with Crippen molar-refractivity contribution in [2.75, 3.05) is 13.7 Å². The number of hydrogen-bond acceptors (Lipinski definition) is 4. The number of hydrogen-bond donors (Lipinski definition) is 0. The van der Waals surface area contributed by atoms with E-state index in [0.717, 1.165) is 5.56 Å². The Kier molecular flexibility index (Phi) is 4.78. The maximum atomic E-state index is 11.3. The second-order valence-corrected chi connectivity index (χ2v) is 3.79. The molecule has 1 aromatic rings. The first-order valence-corrected chi connectivity index (χ1v) is 5.29. The molecule has 0 aliphatic heterocycles. The molecular formula is C12H15NO4. The van der Waals surface area contributed by atoms with Crippen LogP contribution in [0.1, 0.15) is 17.5 Å². The Hall–Kier alpha value is -1.75. The molecular weight excluding hydrogens is 222 g/mol. The molecule has 5 nitrogen and oxygen atoms in total. The van der Waals surface area contributed by atoms with Gasteiger partial charge >= 0.3 is 0 Å². The maximum Gasteiger partial charge on any atom is 0.272 e. The Morgan fingerprint density at radius 1 is 1.47 bits per heavy atom. The SMILES string of the molecule is COCC(=O)CCc1cccc([N+](=O)[O-])c1C. The van der Waals surface area contributed by atoms with Crippen molar-refractivity contribution in [3.63, 3.8) is 0 Å². The van der Waals surface area contributed by atoms with Crippen LogP contribution in [0.15, 0.2) is 18.2 Å². The summed E-state index contributed by atoms with van der Waals surface area (Å²) in [6.45, 7) is 1.79. The van der Waals surface area contributed by atoms with Crippen molar-refractivity contribution >= 4 is 11.5 Å². The van der Waals surface area contributed by atoms with Gasteiger partial charge in [-0.25, -0.2) is 0 Å². The molecule has 92 valence electrons. The minimum atomic E-state index is -0.407. The third-order valence-electron chi connectivity index (χ3n) is 2.59. The summed E-state index contributed by atoms with van der Waals surface area (Å²) in [6, 6.07) is 4.92. The molecule has 0 atom stereocenters. The van der Waals surface area contributed by atoms with Gasteiger partial charge < -0.3 is 4.74 Å². The van der Waals surface area contributed by atoms with Crippen LogP contribution in [0, 0.1) is 17.0 Å². The standard InChI is InChI=1S/C12H15NO4/c1-9-10(6-7-11(14)8-17-2)4-3-5-12(9)13(15)16/h3-5H,6-8H2,1-2H3. The van der Waals surface area contributed by atoms with Crippen LogP contribution >= 0.6 is 0 Å². The van der Waals surface area contributed by atoms with E-state index in [4.69, 9.17) is 4.74 Å². The van der Waals surface area contributed by atoms with Crippen LogP contribution in [-0.4, -0.2) is 24.4 Å². The highest BCUT2D eigenvalue weighted by Gasteiger charge is 2.13. The van der Waals surface area contributed by atoms with Crippen LogP contribution < -0.4 is 0 Å². The molecule has 0 bridgehead atoms. The van der Waals surface area contributed by atoms with Gasteiger partial charge in [0.15, 0.2) is 5.78 Å². The van der Waals surface area contributed by atoms with Gasteiger partial charge in [-0.05, 0) is 18.9 Å². The minimum Gasteiger partial charge on any atom is -0.377 e. The fourth-order valence-corrected chi connectivity index (χ4v) is 1.65. The van der Waals surface area contributed by atoms with Crippen LogP contribution in [0.4, 0.5) is 5.69 Å². The van der Waals surface area contributed by atoms with E-state index < -0.39 is 4.92 Å². The van der Waals surface area contributed by atoms with Gasteiger partial charge in [-0.3, -0.25) is 14.9 Å². The molecule has 0 aromatic heterocycles. The summed E-state index contributed by atoms with van der Waals surface area (Å²) >= 11 is 0. The van der Waals surface area contributed by atoms with Gasteiger partial charge in [0.1, 0.15) is 6.61 Å². The molecule has 1 rings (SSSR count). The fourth-order valence-electron chi connectivity index (χ4n) is 1.65. The second-order valence-electron chi connectivity index (χ2n) is 3.79. The lowest BCUT2D eigenvalue weighted by Gasteiger charge is -2.05. The predicted octanol–water partition coefficient (Wildman–Crippen LogP) is 2.05. The maximum absolute atomic E-state index is 11.3. The lowest BCUT2D eigenvalue weighted by molar-refractivity contribution is -0.385. The average molecular weight is 237 g/mol. The number of nitro groups is 1. The lowest BCUT2D eigenvalue weighted by Crippen LogP contribution is -2.08. The molecule has 5 heteroatoms. The van der Waals surface area contributed by atoms with Crippen LogP contribution in [-0.2, 0) is 16.0 Å². The second kappa shape index (κ2) is 6.10. The first-order chi connectivity index (χ1) is 8.06. The summed E-state index contributed by atoms with van der Waals surface area (Å²) in [5, 5.41) is 10.7. The highest BCUT2D eigenvalue weighted by molar-refractivity contribution is 5.79. The number of nitrogens with zero attached hydrogens (tertiary/aromatic N) is 1. The third-order valence-corrected chi connectivity index (χ3v) is 2.59. The Labute approximate surface area is 99.5 Å². The summed E-state index contributed by atoms with van der Waals surface area (Å²) in [6.07, 6.45) is 0.853. The largest absolute Gasteiger partial charge is 0.377 e. The summed E-state index contributed by atoms with van der Waals surface area (Å²) in [5.41, 5.74) is 1.56. The normalized spacial score (nSPS) is 10.2. The Bertz CT molecular complexity index is 429. The van der Waals surface area contributed by atoms with Crippen molar-refractivity contribution in [2.24, 2.45) is 0 Å². The van der Waals surface area contributed by atoms with E-state index in [1.54, 1.807) is 13.0 Å². The first-order valence-electron chi connectivity index (χ1n) is 5.29. The Morgan fingerprint density at radius 3 is 2.76 bits per heavy atom. The van der Waals surface area contributed by atoms with Gasteiger partial charge in [0.2, 0.25) is 0 Å². The van der Waals surface area contributed by atoms with Crippen molar-refractivity contribution in [1.29, 1.82) is 0 Å². The van der Waals surface area contributed by atoms with Crippen LogP contribution in [0.2, 0.25) is 0 Å². The quantitative estimate of drug-likeness (QED) is 0.561. The van der Waals surface area contributed by atoms with Gasteiger partial charge in [0.25, 0.3) is 5.69 Å².